The number of urea groups is 1. The Hall–Kier alpha value is -1.88. The van der Waals surface area contributed by atoms with E-state index in [9.17, 15) is 9.18 Å². The van der Waals surface area contributed by atoms with Crippen LogP contribution in [0.25, 0.3) is 6.08 Å². The quantitative estimate of drug-likeness (QED) is 0.805. The van der Waals surface area contributed by atoms with E-state index >= 15 is 0 Å². The fraction of sp³-hybridized carbons (Fsp3) is 0.400. The van der Waals surface area contributed by atoms with Crippen LogP contribution in [0.2, 0.25) is 0 Å². The van der Waals surface area contributed by atoms with Crippen molar-refractivity contribution in [2.24, 2.45) is 0 Å². The molecule has 0 aliphatic rings. The molecule has 110 valence electrons. The summed E-state index contributed by atoms with van der Waals surface area (Å²) in [6, 6.07) is 6.10. The van der Waals surface area contributed by atoms with Crippen LogP contribution in [0.1, 0.15) is 19.4 Å². The maximum atomic E-state index is 13.3. The van der Waals surface area contributed by atoms with Gasteiger partial charge in [0.2, 0.25) is 0 Å². The van der Waals surface area contributed by atoms with Gasteiger partial charge in [-0.25, -0.2) is 9.18 Å². The minimum Gasteiger partial charge on any atom is -0.337 e. The summed E-state index contributed by atoms with van der Waals surface area (Å²) in [6.45, 7) is 7.50. The molecule has 0 unspecified atom stereocenters. The lowest BCUT2D eigenvalue weighted by atomic mass is 10.2. The van der Waals surface area contributed by atoms with E-state index < -0.39 is 0 Å². The Kier molecular flexibility index (Phi) is 7.35. The number of carbonyl (C=O) groups is 1. The van der Waals surface area contributed by atoms with Gasteiger partial charge in [-0.05, 0) is 25.2 Å². The van der Waals surface area contributed by atoms with Crippen LogP contribution in [-0.2, 0) is 0 Å². The third-order valence-electron chi connectivity index (χ3n) is 2.99. The third-order valence-corrected chi connectivity index (χ3v) is 2.99. The van der Waals surface area contributed by atoms with Crippen molar-refractivity contribution in [1.29, 1.82) is 0 Å². The molecule has 0 fully saturated rings. The van der Waals surface area contributed by atoms with Crippen LogP contribution in [0.3, 0.4) is 0 Å². The second-order valence-electron chi connectivity index (χ2n) is 4.28. The molecule has 0 aromatic heterocycles. The molecule has 1 aromatic carbocycles. The standard InChI is InChI=1S/C15H22FN3O/c1-3-19(4-2)12-11-18-15(20)17-10-9-13-7-5-6-8-14(13)16/h5-10H,3-4,11-12H2,1-2H3,(H2,17,18,20)/b10-9+. The van der Waals surface area contributed by atoms with Crippen LogP contribution in [0, 0.1) is 5.82 Å². The molecule has 1 aromatic rings. The Morgan fingerprint density at radius 2 is 2.00 bits per heavy atom. The topological polar surface area (TPSA) is 44.4 Å². The molecule has 1 rings (SSSR count). The van der Waals surface area contributed by atoms with Crippen LogP contribution in [0.5, 0.6) is 0 Å². The molecule has 0 spiro atoms. The van der Waals surface area contributed by atoms with Crippen molar-refractivity contribution >= 4 is 12.1 Å². The van der Waals surface area contributed by atoms with Gasteiger partial charge in [0.1, 0.15) is 5.82 Å². The molecule has 20 heavy (non-hydrogen) atoms. The summed E-state index contributed by atoms with van der Waals surface area (Å²) in [7, 11) is 0. The average molecular weight is 279 g/mol. The first-order chi connectivity index (χ1) is 9.67. The van der Waals surface area contributed by atoms with Gasteiger partial charge in [0, 0.05) is 24.9 Å². The summed E-state index contributed by atoms with van der Waals surface area (Å²) in [6.07, 6.45) is 2.96. The van der Waals surface area contributed by atoms with Crippen molar-refractivity contribution in [2.75, 3.05) is 26.2 Å². The van der Waals surface area contributed by atoms with Gasteiger partial charge in [-0.1, -0.05) is 32.0 Å². The van der Waals surface area contributed by atoms with Crippen LogP contribution in [0.4, 0.5) is 9.18 Å². The van der Waals surface area contributed by atoms with Crippen molar-refractivity contribution in [2.45, 2.75) is 13.8 Å². The number of rotatable bonds is 7. The Bertz CT molecular complexity index is 444. The Morgan fingerprint density at radius 1 is 1.30 bits per heavy atom. The molecule has 4 nitrogen and oxygen atoms in total. The zero-order chi connectivity index (χ0) is 14.8. The fourth-order valence-corrected chi connectivity index (χ4v) is 1.74. The van der Waals surface area contributed by atoms with E-state index in [4.69, 9.17) is 0 Å². The largest absolute Gasteiger partial charge is 0.337 e. The lowest BCUT2D eigenvalue weighted by Gasteiger charge is -2.17. The van der Waals surface area contributed by atoms with Gasteiger partial charge in [-0.15, -0.1) is 0 Å². The molecule has 2 amide bonds. The van der Waals surface area contributed by atoms with E-state index in [-0.39, 0.29) is 11.8 Å². The summed E-state index contributed by atoms with van der Waals surface area (Å²) < 4.78 is 13.3. The lowest BCUT2D eigenvalue weighted by Crippen LogP contribution is -2.38. The number of hydrogen-bond acceptors (Lipinski definition) is 2. The van der Waals surface area contributed by atoms with Gasteiger partial charge in [-0.2, -0.15) is 0 Å². The van der Waals surface area contributed by atoms with Crippen LogP contribution >= 0.6 is 0 Å². The van der Waals surface area contributed by atoms with Crippen LogP contribution < -0.4 is 10.6 Å². The number of amides is 2. The third kappa shape index (κ3) is 5.84. The Labute approximate surface area is 119 Å². The number of nitrogens with one attached hydrogen (secondary N) is 2. The van der Waals surface area contributed by atoms with Gasteiger partial charge in [0.15, 0.2) is 0 Å². The van der Waals surface area contributed by atoms with Crippen molar-refractivity contribution in [3.63, 3.8) is 0 Å². The highest BCUT2D eigenvalue weighted by Crippen LogP contribution is 2.07. The van der Waals surface area contributed by atoms with E-state index in [1.54, 1.807) is 18.2 Å². The molecule has 0 radical (unpaired) electrons. The van der Waals surface area contributed by atoms with E-state index in [1.165, 1.54) is 18.3 Å². The predicted octanol–water partition coefficient (Wildman–Crippen LogP) is 2.44. The SMILES string of the molecule is CCN(CC)CCNC(=O)N/C=C/c1ccccc1F. The number of halogens is 1. The van der Waals surface area contributed by atoms with Crippen molar-refractivity contribution in [3.8, 4) is 0 Å². The van der Waals surface area contributed by atoms with Gasteiger partial charge in [-0.3, -0.25) is 0 Å². The van der Waals surface area contributed by atoms with Crippen molar-refractivity contribution < 1.29 is 9.18 Å². The summed E-state index contributed by atoms with van der Waals surface area (Å²) in [5.74, 6) is -0.313. The maximum absolute atomic E-state index is 13.3. The zero-order valence-corrected chi connectivity index (χ0v) is 12.0. The number of nitrogens with zero attached hydrogens (tertiary/aromatic N) is 1. The zero-order valence-electron chi connectivity index (χ0n) is 12.0. The van der Waals surface area contributed by atoms with E-state index in [2.05, 4.69) is 29.4 Å². The number of benzene rings is 1. The molecule has 0 atom stereocenters. The molecule has 0 aliphatic carbocycles. The smallest absolute Gasteiger partial charge is 0.318 e. The summed E-state index contributed by atoms with van der Waals surface area (Å²) >= 11 is 0. The summed E-state index contributed by atoms with van der Waals surface area (Å²) in [5.41, 5.74) is 0.441. The highest BCUT2D eigenvalue weighted by molar-refractivity contribution is 5.75. The lowest BCUT2D eigenvalue weighted by molar-refractivity contribution is 0.240. The van der Waals surface area contributed by atoms with E-state index in [1.807, 2.05) is 0 Å². The molecular formula is C15H22FN3O. The second-order valence-corrected chi connectivity index (χ2v) is 4.28. The van der Waals surface area contributed by atoms with Crippen LogP contribution in [0.15, 0.2) is 30.5 Å². The second kappa shape index (κ2) is 9.09. The number of hydrogen-bond donors (Lipinski definition) is 2. The molecule has 0 saturated carbocycles. The van der Waals surface area contributed by atoms with Crippen molar-refractivity contribution in [3.05, 3.63) is 41.8 Å². The number of carbonyl (C=O) groups excluding carboxylic acids is 1. The monoisotopic (exact) mass is 279 g/mol. The summed E-state index contributed by atoms with van der Waals surface area (Å²) in [5, 5.41) is 5.30. The molecule has 0 saturated heterocycles. The predicted molar refractivity (Wildman–Crippen MR) is 79.8 cm³/mol. The highest BCUT2D eigenvalue weighted by Gasteiger charge is 2.00. The number of likely N-dealkylation sites (N-methyl/N-ethyl adjacent to an activating group) is 1. The Morgan fingerprint density at radius 3 is 2.65 bits per heavy atom. The van der Waals surface area contributed by atoms with Crippen molar-refractivity contribution in [1.82, 2.24) is 15.5 Å². The van der Waals surface area contributed by atoms with Crippen LogP contribution in [-0.4, -0.2) is 37.1 Å². The molecule has 0 aliphatic heterocycles. The minimum atomic E-state index is -0.313. The molecule has 5 heteroatoms. The minimum absolute atomic E-state index is 0.287. The fourth-order valence-electron chi connectivity index (χ4n) is 1.74. The normalized spacial score (nSPS) is 11.0. The molecule has 0 heterocycles. The molecule has 2 N–H and O–H groups in total. The highest BCUT2D eigenvalue weighted by atomic mass is 19.1. The first-order valence-corrected chi connectivity index (χ1v) is 6.85. The first kappa shape index (κ1) is 16.2. The average Bonchev–Trinajstić information content (AvgIpc) is 2.46. The van der Waals surface area contributed by atoms with Gasteiger partial charge in [0.25, 0.3) is 0 Å². The molecular weight excluding hydrogens is 257 g/mol. The van der Waals surface area contributed by atoms with Gasteiger partial charge >= 0.3 is 6.03 Å². The maximum Gasteiger partial charge on any atom is 0.318 e. The van der Waals surface area contributed by atoms with E-state index in [0.717, 1.165) is 19.6 Å². The first-order valence-electron chi connectivity index (χ1n) is 6.85. The Balaban J connectivity index is 2.28. The van der Waals surface area contributed by atoms with E-state index in [0.29, 0.717) is 12.1 Å². The molecule has 0 bridgehead atoms. The summed E-state index contributed by atoms with van der Waals surface area (Å²) in [4.78, 5) is 13.7. The van der Waals surface area contributed by atoms with Gasteiger partial charge in [0.05, 0.1) is 0 Å². The van der Waals surface area contributed by atoms with Gasteiger partial charge < -0.3 is 15.5 Å².